The standard InChI is InChI=1S/Ca.Fe.K.Se.Zn. The molecule has 0 aliphatic rings. The van der Waals surface area contributed by atoms with Gasteiger partial charge < -0.3 is 0 Å². The van der Waals surface area contributed by atoms with Gasteiger partial charge in [0, 0.05) is 143 Å². The van der Waals surface area contributed by atoms with E-state index in [4.69, 9.17) is 0 Å². The zero-order valence-electron chi connectivity index (χ0n) is 3.18. The van der Waals surface area contributed by atoms with Crippen LogP contribution in [-0.4, -0.2) is 106 Å². The van der Waals surface area contributed by atoms with Gasteiger partial charge in [0.1, 0.15) is 0 Å². The zero-order chi connectivity index (χ0) is 0. The van der Waals surface area contributed by atoms with E-state index in [9.17, 15) is 0 Å². The molecular weight excluding hydrogens is 279 g/mol. The van der Waals surface area contributed by atoms with Crippen molar-refractivity contribution >= 4 is 106 Å². The van der Waals surface area contributed by atoms with E-state index < -0.39 is 0 Å². The third-order valence-corrected chi connectivity index (χ3v) is 0. The monoisotopic (exact) mass is 279 g/mol. The van der Waals surface area contributed by atoms with E-state index in [1.54, 1.807) is 0 Å². The van der Waals surface area contributed by atoms with Gasteiger partial charge in [0.05, 0.1) is 0 Å². The summed E-state index contributed by atoms with van der Waals surface area (Å²) < 4.78 is 0. The molecule has 0 amide bonds. The molecule has 5 heavy (non-hydrogen) atoms. The van der Waals surface area contributed by atoms with Crippen LogP contribution in [0.25, 0.3) is 0 Å². The van der Waals surface area contributed by atoms with E-state index in [1.165, 1.54) is 0 Å². The largest absolute Gasteiger partial charge is 0 e. The molecule has 0 aromatic rings. The first-order chi connectivity index (χ1) is 0. The predicted molar refractivity (Wildman–Crippen MR) is 17.3 cm³/mol. The molecule has 0 fully saturated rings. The summed E-state index contributed by atoms with van der Waals surface area (Å²) in [6.45, 7) is 0. The van der Waals surface area contributed by atoms with E-state index >= 15 is 0 Å². The Balaban J connectivity index is 0. The third kappa shape index (κ3) is 17.7. The molecule has 0 unspecified atom stereocenters. The van der Waals surface area contributed by atoms with Crippen LogP contribution < -0.4 is 0 Å². The van der Waals surface area contributed by atoms with Crippen molar-refractivity contribution in [2.75, 3.05) is 0 Å². The minimum atomic E-state index is 0. The van der Waals surface area contributed by atoms with Gasteiger partial charge in [0.2, 0.25) is 0 Å². The Labute approximate surface area is 138 Å². The van der Waals surface area contributed by atoms with Crippen molar-refractivity contribution in [3.05, 3.63) is 0 Å². The van der Waals surface area contributed by atoms with Crippen LogP contribution >= 0.6 is 0 Å². The Hall–Kier alpha value is 4.56. The summed E-state index contributed by atoms with van der Waals surface area (Å²) in [5.41, 5.74) is 0. The molecule has 0 atom stereocenters. The topological polar surface area (TPSA) is 0 Å². The van der Waals surface area contributed by atoms with Gasteiger partial charge in [0.15, 0.2) is 0 Å². The van der Waals surface area contributed by atoms with Crippen molar-refractivity contribution < 1.29 is 36.5 Å². The Morgan fingerprint density at radius 2 is 1.00 bits per heavy atom. The van der Waals surface area contributed by atoms with Crippen LogP contribution in [0.4, 0.5) is 0 Å². The number of hydrogen-bond acceptors (Lipinski definition) is 0. The molecule has 19 valence electrons. The smallest absolute Gasteiger partial charge is 0 e. The summed E-state index contributed by atoms with van der Waals surface area (Å²) in [6, 6.07) is 0. The van der Waals surface area contributed by atoms with Gasteiger partial charge in [-0.05, 0) is 0 Å². The van der Waals surface area contributed by atoms with Crippen molar-refractivity contribution in [2.24, 2.45) is 0 Å². The fourth-order valence-electron chi connectivity index (χ4n) is 0. The second-order valence-electron chi connectivity index (χ2n) is 0. The van der Waals surface area contributed by atoms with Gasteiger partial charge >= 0.3 is 0 Å². The summed E-state index contributed by atoms with van der Waals surface area (Å²) in [5, 5.41) is 0. The zero-order valence-corrected chi connectivity index (χ0v) is 14.3. The SMILES string of the molecule is [Ca].[Fe].[K].[Se].[Zn]. The van der Waals surface area contributed by atoms with Crippen molar-refractivity contribution in [3.8, 4) is 0 Å². The molecule has 0 N–H and O–H groups in total. The van der Waals surface area contributed by atoms with Crippen molar-refractivity contribution in [2.45, 2.75) is 0 Å². The first kappa shape index (κ1) is 33.7. The first-order valence-corrected chi connectivity index (χ1v) is 0. The van der Waals surface area contributed by atoms with Crippen LogP contribution in [0, 0.1) is 0 Å². The molecule has 0 saturated heterocycles. The Morgan fingerprint density at radius 1 is 1.00 bits per heavy atom. The molecule has 5 radical (unpaired) electrons. The summed E-state index contributed by atoms with van der Waals surface area (Å²) in [7, 11) is 0. The molecule has 0 aliphatic heterocycles. The van der Waals surface area contributed by atoms with Gasteiger partial charge in [-0.1, -0.05) is 0 Å². The third-order valence-electron chi connectivity index (χ3n) is 0. The van der Waals surface area contributed by atoms with E-state index in [0.717, 1.165) is 0 Å². The predicted octanol–water partition coefficient (Wildman–Crippen LogP) is -1.15. The van der Waals surface area contributed by atoms with Crippen molar-refractivity contribution in [1.29, 1.82) is 0 Å². The van der Waals surface area contributed by atoms with Crippen molar-refractivity contribution in [3.63, 3.8) is 0 Å². The molecule has 0 rings (SSSR count). The average molecular weight is 279 g/mol. The van der Waals surface area contributed by atoms with Gasteiger partial charge in [0.25, 0.3) is 0 Å². The van der Waals surface area contributed by atoms with Crippen LogP contribution in [-0.2, 0) is 36.5 Å². The molecule has 0 bridgehead atoms. The molecular formula is CaFeKSeZn. The second-order valence-corrected chi connectivity index (χ2v) is 0. The fraction of sp³-hybridized carbons (Fsp3) is 0. The van der Waals surface area contributed by atoms with Gasteiger partial charge in [-0.25, -0.2) is 0 Å². The van der Waals surface area contributed by atoms with Gasteiger partial charge in [-0.2, -0.15) is 0 Å². The maximum Gasteiger partial charge on any atom is 0 e. The average Bonchev–Trinajstić information content (AvgIpc) is 0. The molecule has 0 aliphatic carbocycles. The minimum absolute atomic E-state index is 0. The molecule has 5 heteroatoms. The first-order valence-electron chi connectivity index (χ1n) is 0. The number of rotatable bonds is 0. The van der Waals surface area contributed by atoms with E-state index in [2.05, 4.69) is 0 Å². The fourth-order valence-corrected chi connectivity index (χ4v) is 0. The molecule has 0 spiro atoms. The molecule has 0 heterocycles. The van der Waals surface area contributed by atoms with Crippen molar-refractivity contribution in [1.82, 2.24) is 0 Å². The van der Waals surface area contributed by atoms with E-state index in [0.29, 0.717) is 0 Å². The van der Waals surface area contributed by atoms with Crippen LogP contribution in [0.15, 0.2) is 0 Å². The summed E-state index contributed by atoms with van der Waals surface area (Å²) in [4.78, 5) is 0. The maximum absolute atomic E-state index is 0. The quantitative estimate of drug-likeness (QED) is 0.492. The molecule has 0 aromatic heterocycles. The van der Waals surface area contributed by atoms with Crippen LogP contribution in [0.3, 0.4) is 0 Å². The summed E-state index contributed by atoms with van der Waals surface area (Å²) in [6.07, 6.45) is 0. The normalized spacial score (nSPS) is 0. The molecule has 0 aromatic carbocycles. The Kier molecular flexibility index (Phi) is 159. The summed E-state index contributed by atoms with van der Waals surface area (Å²) in [5.74, 6) is 0. The second kappa shape index (κ2) is 23.5. The van der Waals surface area contributed by atoms with Crippen LogP contribution in [0.2, 0.25) is 0 Å². The summed E-state index contributed by atoms with van der Waals surface area (Å²) >= 11 is 0. The number of hydrogen-bond donors (Lipinski definition) is 0. The maximum atomic E-state index is 0. The van der Waals surface area contributed by atoms with Gasteiger partial charge in [-0.15, -0.1) is 0 Å². The van der Waals surface area contributed by atoms with Gasteiger partial charge in [-0.3, -0.25) is 0 Å². The molecule has 0 nitrogen and oxygen atoms in total. The Bertz CT molecular complexity index is 11.6. The Morgan fingerprint density at radius 3 is 1.00 bits per heavy atom. The minimum Gasteiger partial charge on any atom is 0 e. The van der Waals surface area contributed by atoms with Crippen LogP contribution in [0.1, 0.15) is 0 Å². The van der Waals surface area contributed by atoms with E-state index in [-0.39, 0.29) is 143 Å². The molecule has 0 saturated carbocycles. The van der Waals surface area contributed by atoms with E-state index in [1.807, 2.05) is 0 Å². The van der Waals surface area contributed by atoms with Crippen LogP contribution in [0.5, 0.6) is 0 Å².